The van der Waals surface area contributed by atoms with E-state index in [-0.39, 0.29) is 6.10 Å². The van der Waals surface area contributed by atoms with Crippen molar-refractivity contribution in [3.63, 3.8) is 0 Å². The van der Waals surface area contributed by atoms with Gasteiger partial charge in [-0.3, -0.25) is 0 Å². The zero-order valence-corrected chi connectivity index (χ0v) is 15.7. The lowest BCUT2D eigenvalue weighted by Gasteiger charge is -2.15. The molecule has 0 fully saturated rings. The monoisotopic (exact) mass is 379 g/mol. The maximum Gasteiger partial charge on any atom is 0.338 e. The first-order chi connectivity index (χ1) is 13.6. The van der Waals surface area contributed by atoms with Crippen molar-refractivity contribution in [3.05, 3.63) is 78.5 Å². The van der Waals surface area contributed by atoms with Gasteiger partial charge in [0.15, 0.2) is 0 Å². The number of methoxy groups -OCH3 is 1. The van der Waals surface area contributed by atoms with Crippen molar-refractivity contribution < 1.29 is 23.7 Å². The summed E-state index contributed by atoms with van der Waals surface area (Å²) in [6, 6.07) is 20.0. The topological polar surface area (TPSA) is 66.9 Å². The van der Waals surface area contributed by atoms with Gasteiger partial charge in [-0.1, -0.05) is 18.2 Å². The smallest absolute Gasteiger partial charge is 0.338 e. The van der Waals surface area contributed by atoms with Crippen LogP contribution in [-0.4, -0.2) is 30.8 Å². The molecule has 6 heteroatoms. The normalized spacial score (nSPS) is 11.4. The summed E-state index contributed by atoms with van der Waals surface area (Å²) in [5.41, 5.74) is 0.384. The van der Waals surface area contributed by atoms with Crippen LogP contribution >= 0.6 is 0 Å². The molecule has 28 heavy (non-hydrogen) atoms. The predicted molar refractivity (Wildman–Crippen MR) is 104 cm³/mol. The quantitative estimate of drug-likeness (QED) is 0.537. The van der Waals surface area contributed by atoms with Gasteiger partial charge in [0.05, 0.1) is 12.7 Å². The zero-order valence-electron chi connectivity index (χ0n) is 15.7. The Kier molecular flexibility index (Phi) is 6.46. The Balaban J connectivity index is 1.50. The Labute approximate surface area is 163 Å². The molecular formula is C22H21NO5. The average Bonchev–Trinajstić information content (AvgIpc) is 2.73. The third kappa shape index (κ3) is 5.48. The van der Waals surface area contributed by atoms with Gasteiger partial charge in [-0.15, -0.1) is 0 Å². The molecule has 1 unspecified atom stereocenters. The molecule has 0 aliphatic heterocycles. The van der Waals surface area contributed by atoms with Crippen molar-refractivity contribution >= 4 is 5.97 Å². The van der Waals surface area contributed by atoms with Crippen LogP contribution in [0.5, 0.6) is 23.1 Å². The first-order valence-electron chi connectivity index (χ1n) is 8.81. The second-order valence-electron chi connectivity index (χ2n) is 6.00. The number of para-hydroxylation sites is 1. The highest BCUT2D eigenvalue weighted by Crippen LogP contribution is 2.23. The van der Waals surface area contributed by atoms with Gasteiger partial charge in [0.1, 0.15) is 30.0 Å². The SMILES string of the molecule is COC(=O)c1ccnc(OC(C)COc2ccc(Oc3ccccc3)cc2)c1. The number of nitrogens with zero attached hydrogens (tertiary/aromatic N) is 1. The van der Waals surface area contributed by atoms with E-state index in [4.69, 9.17) is 18.9 Å². The molecule has 0 bridgehead atoms. The fourth-order valence-corrected chi connectivity index (χ4v) is 2.40. The number of hydrogen-bond donors (Lipinski definition) is 0. The van der Waals surface area contributed by atoms with Crippen LogP contribution in [0.1, 0.15) is 17.3 Å². The summed E-state index contributed by atoms with van der Waals surface area (Å²) in [5.74, 6) is 2.11. The van der Waals surface area contributed by atoms with E-state index >= 15 is 0 Å². The number of aromatic nitrogens is 1. The highest BCUT2D eigenvalue weighted by molar-refractivity contribution is 5.89. The lowest BCUT2D eigenvalue weighted by molar-refractivity contribution is 0.0599. The molecule has 0 saturated carbocycles. The highest BCUT2D eigenvalue weighted by Gasteiger charge is 2.10. The minimum absolute atomic E-state index is 0.263. The first kappa shape index (κ1) is 19.2. The van der Waals surface area contributed by atoms with Crippen molar-refractivity contribution in [2.24, 2.45) is 0 Å². The molecule has 0 radical (unpaired) electrons. The molecule has 2 aromatic carbocycles. The molecule has 0 aliphatic carbocycles. The van der Waals surface area contributed by atoms with Gasteiger partial charge in [0.25, 0.3) is 0 Å². The molecule has 0 amide bonds. The number of rotatable bonds is 8. The lowest BCUT2D eigenvalue weighted by Crippen LogP contribution is -2.21. The summed E-state index contributed by atoms with van der Waals surface area (Å²) in [4.78, 5) is 15.7. The highest BCUT2D eigenvalue weighted by atomic mass is 16.5. The summed E-state index contributed by atoms with van der Waals surface area (Å²) in [7, 11) is 1.33. The molecule has 144 valence electrons. The molecule has 0 N–H and O–H groups in total. The van der Waals surface area contributed by atoms with Gasteiger partial charge in [-0.2, -0.15) is 0 Å². The van der Waals surface area contributed by atoms with Crippen LogP contribution in [-0.2, 0) is 4.74 Å². The summed E-state index contributed by atoms with van der Waals surface area (Å²) < 4.78 is 21.9. The van der Waals surface area contributed by atoms with Crippen molar-refractivity contribution in [1.29, 1.82) is 0 Å². The minimum Gasteiger partial charge on any atom is -0.490 e. The second kappa shape index (κ2) is 9.41. The molecule has 3 aromatic rings. The summed E-state index contributed by atoms with van der Waals surface area (Å²) in [6.45, 7) is 2.18. The third-order valence-corrected chi connectivity index (χ3v) is 3.77. The van der Waals surface area contributed by atoms with Crippen molar-refractivity contribution in [1.82, 2.24) is 4.98 Å². The average molecular weight is 379 g/mol. The van der Waals surface area contributed by atoms with Crippen LogP contribution in [0.4, 0.5) is 0 Å². The number of benzene rings is 2. The van der Waals surface area contributed by atoms with Crippen molar-refractivity contribution in [2.75, 3.05) is 13.7 Å². The van der Waals surface area contributed by atoms with Crippen LogP contribution in [0.3, 0.4) is 0 Å². The Bertz CT molecular complexity index is 896. The number of pyridine rings is 1. The fourth-order valence-electron chi connectivity index (χ4n) is 2.40. The van der Waals surface area contributed by atoms with Crippen LogP contribution in [0, 0.1) is 0 Å². The Morgan fingerprint density at radius 2 is 1.64 bits per heavy atom. The molecule has 1 aromatic heterocycles. The first-order valence-corrected chi connectivity index (χ1v) is 8.81. The molecular weight excluding hydrogens is 358 g/mol. The van der Waals surface area contributed by atoms with Crippen LogP contribution in [0.15, 0.2) is 72.9 Å². The van der Waals surface area contributed by atoms with E-state index in [1.165, 1.54) is 19.4 Å². The molecule has 3 rings (SSSR count). The van der Waals surface area contributed by atoms with E-state index in [1.807, 2.05) is 61.5 Å². The molecule has 0 saturated heterocycles. The number of carbonyl (C=O) groups is 1. The van der Waals surface area contributed by atoms with Crippen LogP contribution in [0.25, 0.3) is 0 Å². The maximum absolute atomic E-state index is 11.6. The largest absolute Gasteiger partial charge is 0.490 e. The molecule has 6 nitrogen and oxygen atoms in total. The maximum atomic E-state index is 11.6. The summed E-state index contributed by atoms with van der Waals surface area (Å²) in [5, 5.41) is 0. The molecule has 1 heterocycles. The van der Waals surface area contributed by atoms with E-state index in [0.29, 0.717) is 23.8 Å². The van der Waals surface area contributed by atoms with Crippen LogP contribution in [0.2, 0.25) is 0 Å². The number of esters is 1. The van der Waals surface area contributed by atoms with E-state index in [0.717, 1.165) is 11.5 Å². The van der Waals surface area contributed by atoms with Crippen molar-refractivity contribution in [2.45, 2.75) is 13.0 Å². The van der Waals surface area contributed by atoms with E-state index in [1.54, 1.807) is 6.07 Å². The number of carbonyl (C=O) groups excluding carboxylic acids is 1. The predicted octanol–water partition coefficient (Wildman–Crippen LogP) is 4.51. The number of ether oxygens (including phenoxy) is 4. The molecule has 0 spiro atoms. The van der Waals surface area contributed by atoms with E-state index < -0.39 is 5.97 Å². The van der Waals surface area contributed by atoms with Crippen molar-refractivity contribution in [3.8, 4) is 23.1 Å². The van der Waals surface area contributed by atoms with Gasteiger partial charge >= 0.3 is 5.97 Å². The van der Waals surface area contributed by atoms with Gasteiger partial charge in [0, 0.05) is 12.3 Å². The lowest BCUT2D eigenvalue weighted by atomic mass is 10.3. The Morgan fingerprint density at radius 1 is 0.964 bits per heavy atom. The van der Waals surface area contributed by atoms with E-state index in [9.17, 15) is 4.79 Å². The third-order valence-electron chi connectivity index (χ3n) is 3.77. The van der Waals surface area contributed by atoms with Gasteiger partial charge in [0.2, 0.25) is 5.88 Å². The summed E-state index contributed by atoms with van der Waals surface area (Å²) in [6.07, 6.45) is 1.24. The van der Waals surface area contributed by atoms with E-state index in [2.05, 4.69) is 4.98 Å². The fraction of sp³-hybridized carbons (Fsp3) is 0.182. The second-order valence-corrected chi connectivity index (χ2v) is 6.00. The molecule has 1 atom stereocenters. The van der Waals surface area contributed by atoms with Gasteiger partial charge in [-0.25, -0.2) is 9.78 Å². The van der Waals surface area contributed by atoms with Gasteiger partial charge in [-0.05, 0) is 49.4 Å². The Hall–Kier alpha value is -3.54. The van der Waals surface area contributed by atoms with Gasteiger partial charge < -0.3 is 18.9 Å². The Morgan fingerprint density at radius 3 is 2.36 bits per heavy atom. The zero-order chi connectivity index (χ0) is 19.8. The standard InChI is InChI=1S/C22H21NO5/c1-16(27-21-14-17(12-13-23-21)22(24)25-2)15-26-18-8-10-20(11-9-18)28-19-6-4-3-5-7-19/h3-14,16H,15H2,1-2H3. The molecule has 0 aliphatic rings. The minimum atomic E-state index is -0.436. The summed E-state index contributed by atoms with van der Waals surface area (Å²) >= 11 is 0. The van der Waals surface area contributed by atoms with Crippen LogP contribution < -0.4 is 14.2 Å². The number of hydrogen-bond acceptors (Lipinski definition) is 6.